The molecule has 1 amide bonds. The Bertz CT molecular complexity index is 1250. The number of halogens is 1. The SMILES string of the molecule is Cc1cccc(Cn2nc(NC(=O)c3cc(Cn4nc(C)c(Cl)c4C)cs3)cc2C)c1. The van der Waals surface area contributed by atoms with E-state index in [1.807, 2.05) is 53.7 Å². The average Bonchev–Trinajstić information content (AvgIpc) is 3.38. The molecular formula is C23H24ClN5OS. The maximum Gasteiger partial charge on any atom is 0.266 e. The van der Waals surface area contributed by atoms with E-state index in [-0.39, 0.29) is 5.91 Å². The number of carbonyl (C=O) groups excluding carboxylic acids is 1. The predicted molar refractivity (Wildman–Crippen MR) is 125 cm³/mol. The van der Waals surface area contributed by atoms with E-state index in [0.717, 1.165) is 22.6 Å². The van der Waals surface area contributed by atoms with E-state index in [1.165, 1.54) is 22.5 Å². The molecule has 0 aliphatic carbocycles. The van der Waals surface area contributed by atoms with Gasteiger partial charge in [0.15, 0.2) is 5.82 Å². The molecule has 4 rings (SSSR count). The van der Waals surface area contributed by atoms with E-state index in [9.17, 15) is 4.79 Å². The highest BCUT2D eigenvalue weighted by Crippen LogP contribution is 2.22. The quantitative estimate of drug-likeness (QED) is 0.426. The summed E-state index contributed by atoms with van der Waals surface area (Å²) in [5.74, 6) is 0.387. The van der Waals surface area contributed by atoms with Crippen molar-refractivity contribution in [2.24, 2.45) is 0 Å². The van der Waals surface area contributed by atoms with Gasteiger partial charge in [0, 0.05) is 11.8 Å². The standard InChI is InChI=1S/C23H24ClN5OS/c1-14-6-5-7-18(8-14)11-28-15(2)9-21(27-28)25-23(30)20-10-19(13-31-20)12-29-17(4)22(24)16(3)26-29/h5-10,13H,11-12H2,1-4H3,(H,25,27,30). The van der Waals surface area contributed by atoms with Crippen molar-refractivity contribution in [1.29, 1.82) is 0 Å². The summed E-state index contributed by atoms with van der Waals surface area (Å²) in [6, 6.07) is 12.1. The van der Waals surface area contributed by atoms with Crippen LogP contribution in [0.25, 0.3) is 0 Å². The van der Waals surface area contributed by atoms with Gasteiger partial charge in [-0.25, -0.2) is 0 Å². The fourth-order valence-electron chi connectivity index (χ4n) is 3.47. The highest BCUT2D eigenvalue weighted by atomic mass is 35.5. The lowest BCUT2D eigenvalue weighted by Crippen LogP contribution is -2.11. The number of aromatic nitrogens is 4. The van der Waals surface area contributed by atoms with Crippen molar-refractivity contribution in [3.05, 3.63) is 85.5 Å². The van der Waals surface area contributed by atoms with Crippen LogP contribution in [0.4, 0.5) is 5.82 Å². The van der Waals surface area contributed by atoms with Crippen molar-refractivity contribution < 1.29 is 4.79 Å². The molecule has 3 aromatic heterocycles. The van der Waals surface area contributed by atoms with Gasteiger partial charge in [-0.15, -0.1) is 11.3 Å². The number of hydrogen-bond acceptors (Lipinski definition) is 4. The molecule has 0 spiro atoms. The van der Waals surface area contributed by atoms with Crippen molar-refractivity contribution >= 4 is 34.7 Å². The smallest absolute Gasteiger partial charge is 0.266 e. The normalized spacial score (nSPS) is 11.1. The largest absolute Gasteiger partial charge is 0.304 e. The van der Waals surface area contributed by atoms with Crippen LogP contribution in [0.1, 0.15) is 43.4 Å². The van der Waals surface area contributed by atoms with E-state index < -0.39 is 0 Å². The van der Waals surface area contributed by atoms with Gasteiger partial charge < -0.3 is 5.32 Å². The molecule has 0 bridgehead atoms. The Kier molecular flexibility index (Phi) is 5.98. The summed E-state index contributed by atoms with van der Waals surface area (Å²) in [5.41, 5.74) is 6.13. The van der Waals surface area contributed by atoms with Gasteiger partial charge in [0.25, 0.3) is 5.91 Å². The molecule has 31 heavy (non-hydrogen) atoms. The number of hydrogen-bond donors (Lipinski definition) is 1. The number of nitrogens with one attached hydrogen (secondary N) is 1. The highest BCUT2D eigenvalue weighted by molar-refractivity contribution is 7.12. The summed E-state index contributed by atoms with van der Waals surface area (Å²) in [6.07, 6.45) is 0. The molecule has 6 nitrogen and oxygen atoms in total. The molecule has 3 heterocycles. The highest BCUT2D eigenvalue weighted by Gasteiger charge is 2.15. The van der Waals surface area contributed by atoms with Gasteiger partial charge in [-0.2, -0.15) is 10.2 Å². The van der Waals surface area contributed by atoms with Gasteiger partial charge in [0.2, 0.25) is 0 Å². The van der Waals surface area contributed by atoms with Crippen molar-refractivity contribution in [1.82, 2.24) is 19.6 Å². The molecule has 0 saturated carbocycles. The number of thiophene rings is 1. The monoisotopic (exact) mass is 453 g/mol. The first kappa shape index (κ1) is 21.3. The van der Waals surface area contributed by atoms with E-state index in [2.05, 4.69) is 40.6 Å². The van der Waals surface area contributed by atoms with Gasteiger partial charge in [-0.05, 0) is 50.3 Å². The average molecular weight is 454 g/mol. The number of nitrogens with zero attached hydrogens (tertiary/aromatic N) is 4. The summed E-state index contributed by atoms with van der Waals surface area (Å²) in [7, 11) is 0. The lowest BCUT2D eigenvalue weighted by Gasteiger charge is -2.05. The van der Waals surface area contributed by atoms with Crippen LogP contribution in [-0.2, 0) is 13.1 Å². The van der Waals surface area contributed by atoms with Crippen molar-refractivity contribution in [3.63, 3.8) is 0 Å². The van der Waals surface area contributed by atoms with Gasteiger partial charge in [-0.1, -0.05) is 41.4 Å². The zero-order chi connectivity index (χ0) is 22.1. The van der Waals surface area contributed by atoms with E-state index in [0.29, 0.717) is 28.8 Å². The van der Waals surface area contributed by atoms with Crippen LogP contribution in [0, 0.1) is 27.7 Å². The molecule has 0 radical (unpaired) electrons. The fraction of sp³-hybridized carbons (Fsp3) is 0.261. The summed E-state index contributed by atoms with van der Waals surface area (Å²) in [5, 5.41) is 14.6. The van der Waals surface area contributed by atoms with Crippen molar-refractivity contribution in [3.8, 4) is 0 Å². The van der Waals surface area contributed by atoms with E-state index in [1.54, 1.807) is 0 Å². The first-order chi connectivity index (χ1) is 14.8. The molecule has 160 valence electrons. The molecular weight excluding hydrogens is 430 g/mol. The van der Waals surface area contributed by atoms with Crippen LogP contribution in [0.2, 0.25) is 5.02 Å². The minimum atomic E-state index is -0.164. The van der Waals surface area contributed by atoms with Crippen LogP contribution >= 0.6 is 22.9 Å². The summed E-state index contributed by atoms with van der Waals surface area (Å²) >= 11 is 7.64. The summed E-state index contributed by atoms with van der Waals surface area (Å²) < 4.78 is 3.76. The second kappa shape index (κ2) is 8.69. The Morgan fingerprint density at radius 3 is 2.52 bits per heavy atom. The number of rotatable bonds is 6. The lowest BCUT2D eigenvalue weighted by atomic mass is 10.1. The summed E-state index contributed by atoms with van der Waals surface area (Å²) in [4.78, 5) is 13.4. The van der Waals surface area contributed by atoms with E-state index >= 15 is 0 Å². The van der Waals surface area contributed by atoms with Gasteiger partial charge in [0.1, 0.15) is 0 Å². The lowest BCUT2D eigenvalue weighted by molar-refractivity contribution is 0.103. The number of aryl methyl sites for hydroxylation is 3. The zero-order valence-electron chi connectivity index (χ0n) is 17.9. The third kappa shape index (κ3) is 4.73. The third-order valence-corrected chi connectivity index (χ3v) is 6.67. The van der Waals surface area contributed by atoms with Crippen LogP contribution < -0.4 is 5.32 Å². The van der Waals surface area contributed by atoms with Crippen molar-refractivity contribution in [2.75, 3.05) is 5.32 Å². The first-order valence-corrected chi connectivity index (χ1v) is 11.2. The molecule has 0 unspecified atom stereocenters. The maximum absolute atomic E-state index is 12.7. The summed E-state index contributed by atoms with van der Waals surface area (Å²) in [6.45, 7) is 9.13. The van der Waals surface area contributed by atoms with Crippen molar-refractivity contribution in [2.45, 2.75) is 40.8 Å². The molecule has 0 saturated heterocycles. The molecule has 1 aromatic carbocycles. The van der Waals surface area contributed by atoms with Gasteiger partial charge in [0.05, 0.1) is 34.4 Å². The Morgan fingerprint density at radius 1 is 1.03 bits per heavy atom. The molecule has 8 heteroatoms. The molecule has 0 fully saturated rings. The Morgan fingerprint density at radius 2 is 1.81 bits per heavy atom. The number of carbonyl (C=O) groups is 1. The first-order valence-electron chi connectivity index (χ1n) is 9.98. The molecule has 0 aliphatic rings. The zero-order valence-corrected chi connectivity index (χ0v) is 19.5. The minimum Gasteiger partial charge on any atom is -0.304 e. The van der Waals surface area contributed by atoms with Crippen LogP contribution in [0.5, 0.6) is 0 Å². The van der Waals surface area contributed by atoms with Crippen LogP contribution in [-0.4, -0.2) is 25.5 Å². The molecule has 4 aromatic rings. The van der Waals surface area contributed by atoms with Gasteiger partial charge in [-0.3, -0.25) is 14.2 Å². The topological polar surface area (TPSA) is 64.7 Å². The second-order valence-corrected chi connectivity index (χ2v) is 9.02. The Hall–Kier alpha value is -2.90. The molecule has 0 atom stereocenters. The fourth-order valence-corrected chi connectivity index (χ4v) is 4.41. The van der Waals surface area contributed by atoms with Crippen LogP contribution in [0.3, 0.4) is 0 Å². The minimum absolute atomic E-state index is 0.164. The maximum atomic E-state index is 12.7. The third-order valence-electron chi connectivity index (χ3n) is 5.14. The van der Waals surface area contributed by atoms with Gasteiger partial charge >= 0.3 is 0 Å². The predicted octanol–water partition coefficient (Wildman–Crippen LogP) is 5.38. The molecule has 0 aliphatic heterocycles. The Labute approximate surface area is 190 Å². The number of anilines is 1. The Balaban J connectivity index is 1.43. The second-order valence-electron chi connectivity index (χ2n) is 7.73. The van der Waals surface area contributed by atoms with Crippen LogP contribution in [0.15, 0.2) is 41.8 Å². The van der Waals surface area contributed by atoms with E-state index in [4.69, 9.17) is 11.6 Å². The number of amides is 1. The molecule has 1 N–H and O–H groups in total. The number of benzene rings is 1.